The van der Waals surface area contributed by atoms with Gasteiger partial charge in [-0.3, -0.25) is 4.79 Å². The van der Waals surface area contributed by atoms with E-state index in [4.69, 9.17) is 4.74 Å². The molecule has 0 aliphatic heterocycles. The summed E-state index contributed by atoms with van der Waals surface area (Å²) in [5.41, 5.74) is 0.824. The number of esters is 1. The van der Waals surface area contributed by atoms with Gasteiger partial charge in [0.25, 0.3) is 5.91 Å². The van der Waals surface area contributed by atoms with Gasteiger partial charge in [-0.15, -0.1) is 0 Å². The SMILES string of the molecule is CCC(C)(C)C1CCC(NC(=O)COC(=O)c2cccn2C)CC1. The third kappa shape index (κ3) is 4.62. The van der Waals surface area contributed by atoms with E-state index in [0.29, 0.717) is 11.1 Å². The lowest BCUT2D eigenvalue weighted by Gasteiger charge is -2.39. The van der Waals surface area contributed by atoms with E-state index in [0.717, 1.165) is 31.6 Å². The average Bonchev–Trinajstić information content (AvgIpc) is 2.99. The van der Waals surface area contributed by atoms with E-state index < -0.39 is 5.97 Å². The molecule has 1 fully saturated rings. The first-order valence-corrected chi connectivity index (χ1v) is 8.91. The Bertz CT molecular complexity index is 569. The van der Waals surface area contributed by atoms with Crippen molar-refractivity contribution >= 4 is 11.9 Å². The zero-order chi connectivity index (χ0) is 17.7. The van der Waals surface area contributed by atoms with Crippen molar-refractivity contribution in [3.05, 3.63) is 24.0 Å². The molecule has 0 spiro atoms. The number of aryl methyl sites for hydroxylation is 1. The fraction of sp³-hybridized carbons (Fsp3) is 0.684. The van der Waals surface area contributed by atoms with Crippen LogP contribution in [0.2, 0.25) is 0 Å². The van der Waals surface area contributed by atoms with Crippen molar-refractivity contribution in [2.24, 2.45) is 18.4 Å². The first-order chi connectivity index (χ1) is 11.3. The third-order valence-corrected chi connectivity index (χ3v) is 5.60. The van der Waals surface area contributed by atoms with E-state index in [-0.39, 0.29) is 18.6 Å². The number of hydrogen-bond acceptors (Lipinski definition) is 3. The Hall–Kier alpha value is -1.78. The Morgan fingerprint density at radius 1 is 1.29 bits per heavy atom. The van der Waals surface area contributed by atoms with Gasteiger partial charge in [0.15, 0.2) is 6.61 Å². The molecule has 1 aliphatic rings. The van der Waals surface area contributed by atoms with Gasteiger partial charge in [-0.25, -0.2) is 4.79 Å². The molecule has 0 unspecified atom stereocenters. The van der Waals surface area contributed by atoms with Crippen LogP contribution in [-0.4, -0.2) is 29.1 Å². The second kappa shape index (κ2) is 7.86. The van der Waals surface area contributed by atoms with Crippen LogP contribution in [0.25, 0.3) is 0 Å². The number of amides is 1. The van der Waals surface area contributed by atoms with E-state index in [1.807, 2.05) is 0 Å². The number of carbonyl (C=O) groups excluding carboxylic acids is 2. The summed E-state index contributed by atoms with van der Waals surface area (Å²) in [4.78, 5) is 23.9. The van der Waals surface area contributed by atoms with Crippen LogP contribution >= 0.6 is 0 Å². The van der Waals surface area contributed by atoms with Crippen molar-refractivity contribution in [2.45, 2.75) is 58.9 Å². The normalized spacial score (nSPS) is 21.3. The zero-order valence-electron chi connectivity index (χ0n) is 15.3. The Morgan fingerprint density at radius 2 is 1.96 bits per heavy atom. The molecule has 24 heavy (non-hydrogen) atoms. The second-order valence-electron chi connectivity index (χ2n) is 7.54. The topological polar surface area (TPSA) is 60.3 Å². The maximum atomic E-state index is 12.0. The predicted octanol–water partition coefficient (Wildman–Crippen LogP) is 3.29. The van der Waals surface area contributed by atoms with Gasteiger partial charge in [-0.2, -0.15) is 0 Å². The summed E-state index contributed by atoms with van der Waals surface area (Å²) in [7, 11) is 1.77. The molecule has 1 aromatic rings. The average molecular weight is 334 g/mol. The van der Waals surface area contributed by atoms with Crippen LogP contribution in [0.5, 0.6) is 0 Å². The Balaban J connectivity index is 1.72. The lowest BCUT2D eigenvalue weighted by atomic mass is 9.69. The molecular weight excluding hydrogens is 304 g/mol. The molecule has 0 aromatic carbocycles. The van der Waals surface area contributed by atoms with Crippen LogP contribution in [-0.2, 0) is 16.6 Å². The lowest BCUT2D eigenvalue weighted by molar-refractivity contribution is -0.125. The summed E-state index contributed by atoms with van der Waals surface area (Å²) >= 11 is 0. The van der Waals surface area contributed by atoms with Gasteiger partial charge < -0.3 is 14.6 Å². The van der Waals surface area contributed by atoms with Crippen molar-refractivity contribution in [1.29, 1.82) is 0 Å². The van der Waals surface area contributed by atoms with Gasteiger partial charge in [0.05, 0.1) is 0 Å². The fourth-order valence-electron chi connectivity index (χ4n) is 3.46. The highest BCUT2D eigenvalue weighted by molar-refractivity contribution is 5.89. The molecule has 134 valence electrons. The summed E-state index contributed by atoms with van der Waals surface area (Å²) < 4.78 is 6.77. The van der Waals surface area contributed by atoms with Crippen molar-refractivity contribution < 1.29 is 14.3 Å². The van der Waals surface area contributed by atoms with Crippen molar-refractivity contribution in [2.75, 3.05) is 6.61 Å². The number of ether oxygens (including phenoxy) is 1. The highest BCUT2D eigenvalue weighted by Crippen LogP contribution is 2.40. The highest BCUT2D eigenvalue weighted by atomic mass is 16.5. The van der Waals surface area contributed by atoms with E-state index in [1.165, 1.54) is 6.42 Å². The number of aromatic nitrogens is 1. The maximum absolute atomic E-state index is 12.0. The van der Waals surface area contributed by atoms with E-state index in [2.05, 4.69) is 26.1 Å². The van der Waals surface area contributed by atoms with Gasteiger partial charge in [0.1, 0.15) is 5.69 Å². The van der Waals surface area contributed by atoms with Crippen LogP contribution in [0.4, 0.5) is 0 Å². The molecule has 0 saturated heterocycles. The van der Waals surface area contributed by atoms with Gasteiger partial charge in [-0.1, -0.05) is 27.2 Å². The Labute approximate surface area is 144 Å². The zero-order valence-corrected chi connectivity index (χ0v) is 15.3. The molecule has 0 atom stereocenters. The fourth-order valence-corrected chi connectivity index (χ4v) is 3.46. The number of carbonyl (C=O) groups is 2. The molecule has 0 bridgehead atoms. The number of nitrogens with zero attached hydrogens (tertiary/aromatic N) is 1. The smallest absolute Gasteiger partial charge is 0.355 e. The Morgan fingerprint density at radius 3 is 2.50 bits per heavy atom. The third-order valence-electron chi connectivity index (χ3n) is 5.60. The summed E-state index contributed by atoms with van der Waals surface area (Å²) in [5.74, 6) is 0.0487. The van der Waals surface area contributed by atoms with Crippen LogP contribution in [0.3, 0.4) is 0 Å². The molecule has 1 N–H and O–H groups in total. The van der Waals surface area contributed by atoms with Gasteiger partial charge in [-0.05, 0) is 49.1 Å². The minimum absolute atomic E-state index is 0.204. The molecule has 1 heterocycles. The minimum atomic E-state index is -0.467. The van der Waals surface area contributed by atoms with Crippen molar-refractivity contribution in [3.63, 3.8) is 0 Å². The largest absolute Gasteiger partial charge is 0.451 e. The van der Waals surface area contributed by atoms with Crippen LogP contribution in [0, 0.1) is 11.3 Å². The summed E-state index contributed by atoms with van der Waals surface area (Å²) in [6, 6.07) is 3.65. The molecule has 5 heteroatoms. The molecule has 5 nitrogen and oxygen atoms in total. The van der Waals surface area contributed by atoms with Gasteiger partial charge in [0, 0.05) is 19.3 Å². The maximum Gasteiger partial charge on any atom is 0.355 e. The van der Waals surface area contributed by atoms with Crippen molar-refractivity contribution in [1.82, 2.24) is 9.88 Å². The Kier molecular flexibility index (Phi) is 6.08. The standard InChI is InChI=1S/C19H30N2O3/c1-5-19(2,3)14-8-10-15(11-9-14)20-17(22)13-24-18(23)16-7-6-12-21(16)4/h6-7,12,14-15H,5,8-11,13H2,1-4H3,(H,20,22). The minimum Gasteiger partial charge on any atom is -0.451 e. The summed E-state index contributed by atoms with van der Waals surface area (Å²) in [5, 5.41) is 3.00. The predicted molar refractivity (Wildman–Crippen MR) is 93.7 cm³/mol. The molecule has 0 radical (unpaired) electrons. The molecular formula is C19H30N2O3. The van der Waals surface area contributed by atoms with Crippen LogP contribution < -0.4 is 5.32 Å². The van der Waals surface area contributed by atoms with E-state index >= 15 is 0 Å². The number of nitrogens with one attached hydrogen (secondary N) is 1. The molecule has 1 aromatic heterocycles. The monoisotopic (exact) mass is 334 g/mol. The molecule has 1 saturated carbocycles. The van der Waals surface area contributed by atoms with E-state index in [1.54, 1.807) is 29.9 Å². The van der Waals surface area contributed by atoms with Crippen LogP contribution in [0.15, 0.2) is 18.3 Å². The lowest BCUT2D eigenvalue weighted by Crippen LogP contribution is -2.41. The van der Waals surface area contributed by atoms with Gasteiger partial charge >= 0.3 is 5.97 Å². The van der Waals surface area contributed by atoms with E-state index in [9.17, 15) is 9.59 Å². The summed E-state index contributed by atoms with van der Waals surface area (Å²) in [6.45, 7) is 6.69. The number of hydrogen-bond donors (Lipinski definition) is 1. The number of rotatable bonds is 6. The summed E-state index contributed by atoms with van der Waals surface area (Å²) in [6.07, 6.45) is 7.26. The van der Waals surface area contributed by atoms with Crippen LogP contribution in [0.1, 0.15) is 63.4 Å². The molecule has 2 rings (SSSR count). The molecule has 1 amide bonds. The highest BCUT2D eigenvalue weighted by Gasteiger charge is 2.32. The quantitative estimate of drug-likeness (QED) is 0.812. The molecule has 1 aliphatic carbocycles. The second-order valence-corrected chi connectivity index (χ2v) is 7.54. The first-order valence-electron chi connectivity index (χ1n) is 8.91. The van der Waals surface area contributed by atoms with Gasteiger partial charge in [0.2, 0.25) is 0 Å². The first kappa shape index (κ1) is 18.6. The van der Waals surface area contributed by atoms with Crippen molar-refractivity contribution in [3.8, 4) is 0 Å².